The molecule has 5 nitrogen and oxygen atoms in total. The van der Waals surface area contributed by atoms with Crippen molar-refractivity contribution in [2.24, 2.45) is 0 Å². The Morgan fingerprint density at radius 2 is 2.06 bits per heavy atom. The summed E-state index contributed by atoms with van der Waals surface area (Å²) in [6.45, 7) is 2.03. The number of nitrogens with zero attached hydrogens (tertiary/aromatic N) is 4. The second kappa shape index (κ2) is 5.56. The molecule has 1 aromatic heterocycles. The van der Waals surface area contributed by atoms with Crippen molar-refractivity contribution in [3.8, 4) is 17.5 Å². The van der Waals surface area contributed by atoms with E-state index in [1.807, 2.05) is 31.2 Å². The van der Waals surface area contributed by atoms with Crippen LogP contribution in [0.1, 0.15) is 12.0 Å². The highest BCUT2D eigenvalue weighted by atomic mass is 32.2. The zero-order valence-electron chi connectivity index (χ0n) is 10.00. The first-order valence-corrected chi connectivity index (χ1v) is 6.48. The van der Waals surface area contributed by atoms with Gasteiger partial charge < -0.3 is 5.84 Å². The lowest BCUT2D eigenvalue weighted by Gasteiger charge is -2.03. The fourth-order valence-electron chi connectivity index (χ4n) is 1.46. The van der Waals surface area contributed by atoms with Crippen LogP contribution in [0, 0.1) is 18.3 Å². The number of nitrogens with two attached hydrogens (primary N) is 1. The van der Waals surface area contributed by atoms with Crippen molar-refractivity contribution in [1.29, 1.82) is 5.26 Å². The summed E-state index contributed by atoms with van der Waals surface area (Å²) in [5.41, 5.74) is 2.12. The molecule has 1 heterocycles. The normalized spacial score (nSPS) is 10.2. The summed E-state index contributed by atoms with van der Waals surface area (Å²) in [5.74, 6) is 7.24. The number of hydrogen-bond donors (Lipinski definition) is 1. The predicted octanol–water partition coefficient (Wildman–Crippen LogP) is 1.97. The topological polar surface area (TPSA) is 80.5 Å². The molecule has 0 saturated carbocycles. The van der Waals surface area contributed by atoms with E-state index in [1.54, 1.807) is 0 Å². The molecule has 92 valence electrons. The molecule has 0 fully saturated rings. The van der Waals surface area contributed by atoms with Crippen molar-refractivity contribution in [2.45, 2.75) is 18.5 Å². The highest BCUT2D eigenvalue weighted by Crippen LogP contribution is 2.21. The van der Waals surface area contributed by atoms with Gasteiger partial charge in [-0.25, -0.2) is 4.68 Å². The molecule has 1 aromatic carbocycles. The van der Waals surface area contributed by atoms with Crippen LogP contribution in [0.4, 0.5) is 0 Å². The third-order valence-corrected chi connectivity index (χ3v) is 3.36. The van der Waals surface area contributed by atoms with E-state index in [1.165, 1.54) is 22.0 Å². The molecular formula is C12H13N5S. The Bertz CT molecular complexity index is 567. The molecule has 6 heteroatoms. The van der Waals surface area contributed by atoms with E-state index in [-0.39, 0.29) is 0 Å². The van der Waals surface area contributed by atoms with Gasteiger partial charge in [0.15, 0.2) is 5.82 Å². The zero-order chi connectivity index (χ0) is 13.0. The lowest BCUT2D eigenvalue weighted by Crippen LogP contribution is -2.11. The van der Waals surface area contributed by atoms with Crippen LogP contribution in [0.2, 0.25) is 0 Å². The summed E-state index contributed by atoms with van der Waals surface area (Å²) in [5, 5.41) is 17.2. The predicted molar refractivity (Wildman–Crippen MR) is 71.3 cm³/mol. The number of thioether (sulfide) groups is 1. The van der Waals surface area contributed by atoms with Gasteiger partial charge in [-0.3, -0.25) is 0 Å². The van der Waals surface area contributed by atoms with Crippen LogP contribution in [-0.2, 0) is 0 Å². The monoisotopic (exact) mass is 259 g/mol. The molecule has 0 radical (unpaired) electrons. The Hall–Kier alpha value is -2.00. The Morgan fingerprint density at radius 1 is 1.33 bits per heavy atom. The van der Waals surface area contributed by atoms with Crippen molar-refractivity contribution in [1.82, 2.24) is 14.9 Å². The van der Waals surface area contributed by atoms with Gasteiger partial charge in [-0.05, 0) is 6.92 Å². The van der Waals surface area contributed by atoms with E-state index in [9.17, 15) is 0 Å². The van der Waals surface area contributed by atoms with Crippen LogP contribution in [0.15, 0.2) is 29.4 Å². The molecule has 2 N–H and O–H groups in total. The van der Waals surface area contributed by atoms with Crippen LogP contribution in [-0.4, -0.2) is 20.6 Å². The first-order valence-electron chi connectivity index (χ1n) is 5.49. The number of hydrogen-bond acceptors (Lipinski definition) is 5. The quantitative estimate of drug-likeness (QED) is 0.516. The maximum atomic E-state index is 8.49. The first kappa shape index (κ1) is 12.5. The summed E-state index contributed by atoms with van der Waals surface area (Å²) in [4.78, 5) is 0. The van der Waals surface area contributed by atoms with Gasteiger partial charge >= 0.3 is 0 Å². The van der Waals surface area contributed by atoms with Crippen LogP contribution in [0.5, 0.6) is 0 Å². The fraction of sp³-hybridized carbons (Fsp3) is 0.250. The maximum Gasteiger partial charge on any atom is 0.210 e. The molecule has 2 aromatic rings. The lowest BCUT2D eigenvalue weighted by molar-refractivity contribution is 0.849. The van der Waals surface area contributed by atoms with Gasteiger partial charge in [0.1, 0.15) is 0 Å². The van der Waals surface area contributed by atoms with Crippen molar-refractivity contribution in [3.05, 3.63) is 29.8 Å². The molecule has 0 bridgehead atoms. The number of benzene rings is 1. The SMILES string of the molecule is Cc1ccc(-c2nnc(SCCC#N)n2N)cc1. The largest absolute Gasteiger partial charge is 0.335 e. The van der Waals surface area contributed by atoms with E-state index in [0.29, 0.717) is 23.2 Å². The number of rotatable bonds is 4. The summed E-state index contributed by atoms with van der Waals surface area (Å²) >= 11 is 1.43. The molecule has 0 unspecified atom stereocenters. The van der Waals surface area contributed by atoms with Crippen molar-refractivity contribution in [3.63, 3.8) is 0 Å². The average Bonchev–Trinajstić information content (AvgIpc) is 2.73. The average molecular weight is 259 g/mol. The molecule has 18 heavy (non-hydrogen) atoms. The molecular weight excluding hydrogens is 246 g/mol. The maximum absolute atomic E-state index is 8.49. The van der Waals surface area contributed by atoms with E-state index < -0.39 is 0 Å². The molecule has 0 aliphatic carbocycles. The summed E-state index contributed by atoms with van der Waals surface area (Å²) < 4.78 is 1.46. The van der Waals surface area contributed by atoms with Crippen molar-refractivity contribution >= 4 is 11.8 Å². The van der Waals surface area contributed by atoms with Crippen LogP contribution >= 0.6 is 11.8 Å². The van der Waals surface area contributed by atoms with Gasteiger partial charge in [0.25, 0.3) is 0 Å². The molecule has 0 amide bonds. The molecule has 2 rings (SSSR count). The minimum Gasteiger partial charge on any atom is -0.335 e. The highest BCUT2D eigenvalue weighted by Gasteiger charge is 2.11. The van der Waals surface area contributed by atoms with E-state index >= 15 is 0 Å². The second-order valence-electron chi connectivity index (χ2n) is 3.80. The lowest BCUT2D eigenvalue weighted by atomic mass is 10.1. The Labute approximate surface area is 110 Å². The first-order chi connectivity index (χ1) is 8.72. The number of aromatic nitrogens is 3. The molecule has 0 atom stereocenters. The summed E-state index contributed by atoms with van der Waals surface area (Å²) in [6.07, 6.45) is 0.470. The van der Waals surface area contributed by atoms with Crippen LogP contribution < -0.4 is 5.84 Å². The van der Waals surface area contributed by atoms with E-state index in [2.05, 4.69) is 16.3 Å². The van der Waals surface area contributed by atoms with Gasteiger partial charge in [0.2, 0.25) is 5.16 Å². The standard InChI is InChI=1S/C12H13N5S/c1-9-3-5-10(6-4-9)11-15-16-12(17(11)14)18-8-2-7-13/h3-6H,2,8,14H2,1H3. The minimum atomic E-state index is 0.470. The third kappa shape index (κ3) is 2.63. The molecule has 0 saturated heterocycles. The third-order valence-electron chi connectivity index (χ3n) is 2.42. The van der Waals surface area contributed by atoms with Gasteiger partial charge in [0, 0.05) is 17.7 Å². The minimum absolute atomic E-state index is 0.470. The highest BCUT2D eigenvalue weighted by molar-refractivity contribution is 7.99. The Balaban J connectivity index is 2.20. The van der Waals surface area contributed by atoms with Crippen molar-refractivity contribution in [2.75, 3.05) is 11.6 Å². The fourth-order valence-corrected chi connectivity index (χ4v) is 2.16. The number of nitriles is 1. The Morgan fingerprint density at radius 3 is 2.72 bits per heavy atom. The summed E-state index contributed by atoms with van der Waals surface area (Å²) in [7, 11) is 0. The van der Waals surface area contributed by atoms with E-state index in [4.69, 9.17) is 11.1 Å². The van der Waals surface area contributed by atoms with Crippen molar-refractivity contribution < 1.29 is 0 Å². The van der Waals surface area contributed by atoms with E-state index in [0.717, 1.165) is 5.56 Å². The summed E-state index contributed by atoms with van der Waals surface area (Å²) in [6, 6.07) is 10.0. The van der Waals surface area contributed by atoms with Gasteiger partial charge in [-0.2, -0.15) is 5.26 Å². The zero-order valence-corrected chi connectivity index (χ0v) is 10.8. The smallest absolute Gasteiger partial charge is 0.210 e. The molecule has 0 spiro atoms. The number of aryl methyl sites for hydroxylation is 1. The van der Waals surface area contributed by atoms with Gasteiger partial charge in [0.05, 0.1) is 6.07 Å². The molecule has 0 aliphatic rings. The van der Waals surface area contributed by atoms with Gasteiger partial charge in [-0.1, -0.05) is 41.6 Å². The van der Waals surface area contributed by atoms with Crippen LogP contribution in [0.25, 0.3) is 11.4 Å². The molecule has 0 aliphatic heterocycles. The second-order valence-corrected chi connectivity index (χ2v) is 4.86. The van der Waals surface area contributed by atoms with Gasteiger partial charge in [-0.15, -0.1) is 10.2 Å². The van der Waals surface area contributed by atoms with Crippen LogP contribution in [0.3, 0.4) is 0 Å². The number of nitrogen functional groups attached to an aromatic ring is 1. The Kier molecular flexibility index (Phi) is 3.85.